The van der Waals surface area contributed by atoms with Crippen molar-refractivity contribution in [3.05, 3.63) is 90.5 Å². The van der Waals surface area contributed by atoms with Gasteiger partial charge in [-0.3, -0.25) is 0 Å². The second-order valence-electron chi connectivity index (χ2n) is 8.00. The fourth-order valence-electron chi connectivity index (χ4n) is 4.12. The third kappa shape index (κ3) is 4.82. The first-order chi connectivity index (χ1) is 14.7. The fourth-order valence-corrected chi connectivity index (χ4v) is 4.12. The van der Waals surface area contributed by atoms with E-state index in [0.717, 1.165) is 25.1 Å². The van der Waals surface area contributed by atoms with Gasteiger partial charge >= 0.3 is 6.03 Å². The van der Waals surface area contributed by atoms with E-state index in [0.29, 0.717) is 19.0 Å². The molecule has 2 amide bonds. The van der Waals surface area contributed by atoms with Gasteiger partial charge in [0.2, 0.25) is 0 Å². The van der Waals surface area contributed by atoms with Crippen molar-refractivity contribution in [1.82, 2.24) is 10.2 Å². The maximum absolute atomic E-state index is 12.7. The van der Waals surface area contributed by atoms with Crippen LogP contribution in [0.1, 0.15) is 12.0 Å². The number of hydrogen-bond acceptors (Lipinski definition) is 2. The molecule has 0 spiro atoms. The van der Waals surface area contributed by atoms with E-state index in [-0.39, 0.29) is 6.03 Å². The number of para-hydroxylation sites is 1. The molecule has 0 saturated carbocycles. The van der Waals surface area contributed by atoms with Crippen LogP contribution in [0.5, 0.6) is 0 Å². The number of urea groups is 1. The Morgan fingerprint density at radius 1 is 0.967 bits per heavy atom. The summed E-state index contributed by atoms with van der Waals surface area (Å²) in [5.41, 5.74) is 4.76. The van der Waals surface area contributed by atoms with Crippen molar-refractivity contribution in [3.8, 4) is 11.1 Å². The number of hydrogen-bond donors (Lipinski definition) is 1. The zero-order valence-corrected chi connectivity index (χ0v) is 17.5. The first kappa shape index (κ1) is 20.0. The quantitative estimate of drug-likeness (QED) is 0.632. The molecule has 154 valence electrons. The summed E-state index contributed by atoms with van der Waals surface area (Å²) in [5.74, 6) is 0.485. The van der Waals surface area contributed by atoms with Crippen LogP contribution in [0.2, 0.25) is 0 Å². The summed E-state index contributed by atoms with van der Waals surface area (Å²) < 4.78 is 0. The lowest BCUT2D eigenvalue weighted by atomic mass is 9.99. The Balaban J connectivity index is 1.31. The Labute approximate surface area is 179 Å². The summed E-state index contributed by atoms with van der Waals surface area (Å²) in [7, 11) is 1.86. The second-order valence-corrected chi connectivity index (χ2v) is 8.00. The highest BCUT2D eigenvalue weighted by Gasteiger charge is 2.23. The average molecular weight is 400 g/mol. The summed E-state index contributed by atoms with van der Waals surface area (Å²) in [4.78, 5) is 16.9. The van der Waals surface area contributed by atoms with Crippen LogP contribution in [-0.2, 0) is 6.54 Å². The first-order valence-corrected chi connectivity index (χ1v) is 10.6. The zero-order valence-electron chi connectivity index (χ0n) is 17.5. The summed E-state index contributed by atoms with van der Waals surface area (Å²) in [6, 6.07) is 29.1. The summed E-state index contributed by atoms with van der Waals surface area (Å²) in [6.07, 6.45) is 1.11. The molecule has 0 aliphatic carbocycles. The Morgan fingerprint density at radius 2 is 1.63 bits per heavy atom. The highest BCUT2D eigenvalue weighted by molar-refractivity contribution is 5.75. The van der Waals surface area contributed by atoms with Crippen LogP contribution in [0.4, 0.5) is 10.5 Å². The van der Waals surface area contributed by atoms with Crippen molar-refractivity contribution in [1.29, 1.82) is 0 Å². The van der Waals surface area contributed by atoms with Gasteiger partial charge in [0, 0.05) is 38.9 Å². The van der Waals surface area contributed by atoms with Crippen LogP contribution in [-0.4, -0.2) is 37.6 Å². The number of anilines is 1. The van der Waals surface area contributed by atoms with Crippen molar-refractivity contribution >= 4 is 11.7 Å². The topological polar surface area (TPSA) is 35.6 Å². The maximum atomic E-state index is 12.7. The molecule has 1 fully saturated rings. The van der Waals surface area contributed by atoms with Crippen molar-refractivity contribution in [3.63, 3.8) is 0 Å². The van der Waals surface area contributed by atoms with Crippen molar-refractivity contribution < 1.29 is 4.79 Å². The standard InChI is InChI=1S/C26H29N3O/c1-28(20-23-12-8-9-15-25(23)22-10-4-2-5-11-22)26(30)27-18-21-16-17-29(19-21)24-13-6-3-7-14-24/h2-15,21H,16-20H2,1H3,(H,27,30). The molecule has 0 radical (unpaired) electrons. The number of nitrogens with one attached hydrogen (secondary N) is 1. The third-order valence-corrected chi connectivity index (χ3v) is 5.81. The fraction of sp³-hybridized carbons (Fsp3) is 0.269. The van der Waals surface area contributed by atoms with Gasteiger partial charge in [0.15, 0.2) is 0 Å². The molecule has 1 aliphatic rings. The lowest BCUT2D eigenvalue weighted by Gasteiger charge is -2.22. The molecule has 1 N–H and O–H groups in total. The summed E-state index contributed by atoms with van der Waals surface area (Å²) in [6.45, 7) is 3.33. The van der Waals surface area contributed by atoms with Crippen molar-refractivity contribution in [2.45, 2.75) is 13.0 Å². The highest BCUT2D eigenvalue weighted by Crippen LogP contribution is 2.25. The van der Waals surface area contributed by atoms with E-state index >= 15 is 0 Å². The van der Waals surface area contributed by atoms with Gasteiger partial charge < -0.3 is 15.1 Å². The number of carbonyl (C=O) groups is 1. The molecule has 1 aliphatic heterocycles. The van der Waals surface area contributed by atoms with E-state index in [1.807, 2.05) is 43.4 Å². The summed E-state index contributed by atoms with van der Waals surface area (Å²) in [5, 5.41) is 3.14. The van der Waals surface area contributed by atoms with Crippen LogP contribution in [0, 0.1) is 5.92 Å². The number of rotatable bonds is 6. The van der Waals surface area contributed by atoms with Crippen LogP contribution in [0.3, 0.4) is 0 Å². The molecule has 4 nitrogen and oxygen atoms in total. The molecular formula is C26H29N3O. The molecule has 30 heavy (non-hydrogen) atoms. The van der Waals surface area contributed by atoms with Crippen molar-refractivity contribution in [2.75, 3.05) is 31.6 Å². The van der Waals surface area contributed by atoms with E-state index in [1.165, 1.54) is 16.8 Å². The Kier molecular flexibility index (Phi) is 6.33. The van der Waals surface area contributed by atoms with E-state index in [1.54, 1.807) is 4.90 Å². The van der Waals surface area contributed by atoms with Crippen LogP contribution in [0.25, 0.3) is 11.1 Å². The minimum atomic E-state index is -0.0176. The number of amides is 2. The van der Waals surface area contributed by atoms with Gasteiger partial charge in [-0.05, 0) is 41.2 Å². The second kappa shape index (κ2) is 9.49. The van der Waals surface area contributed by atoms with Gasteiger partial charge in [0.25, 0.3) is 0 Å². The molecule has 4 rings (SSSR count). The van der Waals surface area contributed by atoms with Gasteiger partial charge in [-0.2, -0.15) is 0 Å². The predicted octanol–water partition coefficient (Wildman–Crippen LogP) is 5.02. The molecule has 1 unspecified atom stereocenters. The molecule has 0 aromatic heterocycles. The Bertz CT molecular complexity index is 958. The Hall–Kier alpha value is -3.27. The van der Waals surface area contributed by atoms with Gasteiger partial charge in [-0.25, -0.2) is 4.79 Å². The third-order valence-electron chi connectivity index (χ3n) is 5.81. The van der Waals surface area contributed by atoms with E-state index < -0.39 is 0 Å². The largest absolute Gasteiger partial charge is 0.371 e. The van der Waals surface area contributed by atoms with Gasteiger partial charge in [0.05, 0.1) is 0 Å². The predicted molar refractivity (Wildman–Crippen MR) is 124 cm³/mol. The smallest absolute Gasteiger partial charge is 0.317 e. The van der Waals surface area contributed by atoms with Crippen LogP contribution < -0.4 is 10.2 Å². The Morgan fingerprint density at radius 3 is 2.40 bits per heavy atom. The monoisotopic (exact) mass is 399 g/mol. The highest BCUT2D eigenvalue weighted by atomic mass is 16.2. The molecule has 4 heteroatoms. The molecular weight excluding hydrogens is 370 g/mol. The van der Waals surface area contributed by atoms with E-state index in [4.69, 9.17) is 0 Å². The van der Waals surface area contributed by atoms with E-state index in [9.17, 15) is 4.79 Å². The first-order valence-electron chi connectivity index (χ1n) is 10.6. The van der Waals surface area contributed by atoms with Crippen molar-refractivity contribution in [2.24, 2.45) is 5.92 Å². The lowest BCUT2D eigenvalue weighted by Crippen LogP contribution is -2.39. The maximum Gasteiger partial charge on any atom is 0.317 e. The van der Waals surface area contributed by atoms with Crippen LogP contribution >= 0.6 is 0 Å². The molecule has 1 atom stereocenters. The molecule has 1 saturated heterocycles. The lowest BCUT2D eigenvalue weighted by molar-refractivity contribution is 0.205. The van der Waals surface area contributed by atoms with Gasteiger partial charge in [-0.15, -0.1) is 0 Å². The minimum Gasteiger partial charge on any atom is -0.371 e. The van der Waals surface area contributed by atoms with E-state index in [2.05, 4.69) is 58.7 Å². The van der Waals surface area contributed by atoms with Gasteiger partial charge in [-0.1, -0.05) is 72.8 Å². The molecule has 0 bridgehead atoms. The van der Waals surface area contributed by atoms with Gasteiger partial charge in [0.1, 0.15) is 0 Å². The number of benzene rings is 3. The normalized spacial score (nSPS) is 15.8. The van der Waals surface area contributed by atoms with Crippen LogP contribution in [0.15, 0.2) is 84.9 Å². The average Bonchev–Trinajstić information content (AvgIpc) is 3.28. The minimum absolute atomic E-state index is 0.0176. The molecule has 3 aromatic carbocycles. The number of carbonyl (C=O) groups excluding carboxylic acids is 1. The number of nitrogens with zero attached hydrogens (tertiary/aromatic N) is 2. The molecule has 1 heterocycles. The zero-order chi connectivity index (χ0) is 20.8. The SMILES string of the molecule is CN(Cc1ccccc1-c1ccccc1)C(=O)NCC1CCN(c2ccccc2)C1. The summed E-state index contributed by atoms with van der Waals surface area (Å²) >= 11 is 0. The molecule has 3 aromatic rings.